The van der Waals surface area contributed by atoms with E-state index in [-0.39, 0.29) is 5.91 Å². The zero-order chi connectivity index (χ0) is 22.0. The molecule has 2 aliphatic rings. The van der Waals surface area contributed by atoms with E-state index in [2.05, 4.69) is 27.8 Å². The van der Waals surface area contributed by atoms with E-state index in [1.807, 2.05) is 48.5 Å². The Morgan fingerprint density at radius 2 is 1.91 bits per heavy atom. The lowest BCUT2D eigenvalue weighted by Crippen LogP contribution is -2.35. The quantitative estimate of drug-likeness (QED) is 0.527. The number of ether oxygens (including phenoxy) is 1. The minimum atomic E-state index is -0.698. The molecule has 6 heteroatoms. The van der Waals surface area contributed by atoms with Gasteiger partial charge in [-0.2, -0.15) is 5.26 Å². The minimum Gasteiger partial charge on any atom is -0.487 e. The van der Waals surface area contributed by atoms with Gasteiger partial charge in [0.1, 0.15) is 17.9 Å². The van der Waals surface area contributed by atoms with Gasteiger partial charge in [0.15, 0.2) is 0 Å². The average molecular weight is 425 g/mol. The lowest BCUT2D eigenvalue weighted by atomic mass is 10.1. The molecule has 0 saturated heterocycles. The monoisotopic (exact) mass is 424 g/mol. The molecule has 0 bridgehead atoms. The number of carbonyl (C=O) groups excluding carboxylic acids is 1. The van der Waals surface area contributed by atoms with E-state index in [0.717, 1.165) is 35.7 Å². The van der Waals surface area contributed by atoms with Gasteiger partial charge in [-0.05, 0) is 79.6 Å². The maximum absolute atomic E-state index is 12.8. The lowest BCUT2D eigenvalue weighted by Gasteiger charge is -2.17. The molecule has 1 heterocycles. The summed E-state index contributed by atoms with van der Waals surface area (Å²) in [6.45, 7) is 0.418. The number of hydrogen-bond acceptors (Lipinski definition) is 5. The smallest absolute Gasteiger partial charge is 0.254 e. The number of hydrogen-bond donors (Lipinski definition) is 2. The Balaban J connectivity index is 1.35. The van der Waals surface area contributed by atoms with E-state index in [1.165, 1.54) is 5.56 Å². The number of benzene rings is 2. The predicted molar refractivity (Wildman–Crippen MR) is 122 cm³/mol. The van der Waals surface area contributed by atoms with Gasteiger partial charge >= 0.3 is 0 Å². The summed E-state index contributed by atoms with van der Waals surface area (Å²) < 4.78 is 5.97. The first kappa shape index (κ1) is 20.1. The summed E-state index contributed by atoms with van der Waals surface area (Å²) in [5.74, 6) is 1.07. The van der Waals surface area contributed by atoms with E-state index >= 15 is 0 Å². The molecule has 2 N–H and O–H groups in total. The number of pyridine rings is 1. The zero-order valence-electron chi connectivity index (χ0n) is 17.7. The molecule has 6 nitrogen and oxygen atoms in total. The van der Waals surface area contributed by atoms with E-state index in [1.54, 1.807) is 12.3 Å². The number of rotatable bonds is 8. The molecule has 5 rings (SSSR count). The second-order valence-electron chi connectivity index (χ2n) is 8.45. The van der Waals surface area contributed by atoms with Gasteiger partial charge in [-0.1, -0.05) is 18.2 Å². The highest BCUT2D eigenvalue weighted by molar-refractivity contribution is 6.01. The number of para-hydroxylation sites is 1. The van der Waals surface area contributed by atoms with Gasteiger partial charge in [0.2, 0.25) is 0 Å². The third-order valence-electron chi connectivity index (χ3n) is 5.91. The highest BCUT2D eigenvalue weighted by Crippen LogP contribution is 2.45. The highest BCUT2D eigenvalue weighted by Gasteiger charge is 2.45. The van der Waals surface area contributed by atoms with Gasteiger partial charge in [-0.3, -0.25) is 9.78 Å². The normalized spacial score (nSPS) is 16.0. The second kappa shape index (κ2) is 8.35. The summed E-state index contributed by atoms with van der Waals surface area (Å²) in [6.07, 6.45) is 5.46. The van der Waals surface area contributed by atoms with Crippen molar-refractivity contribution in [1.82, 2.24) is 10.3 Å². The van der Waals surface area contributed by atoms with Crippen LogP contribution >= 0.6 is 0 Å². The van der Waals surface area contributed by atoms with Crippen LogP contribution in [-0.2, 0) is 6.61 Å². The summed E-state index contributed by atoms with van der Waals surface area (Å²) in [5.41, 5.74) is 3.60. The molecule has 3 aromatic rings. The molecule has 0 aliphatic heterocycles. The van der Waals surface area contributed by atoms with Crippen molar-refractivity contribution in [2.45, 2.75) is 43.7 Å². The number of anilines is 2. The molecule has 160 valence electrons. The van der Waals surface area contributed by atoms with Crippen LogP contribution in [0.1, 0.15) is 53.2 Å². The average Bonchev–Trinajstić information content (AvgIpc) is 3.75. The number of aromatic nitrogens is 1. The molecule has 0 atom stereocenters. The third kappa shape index (κ3) is 4.42. The summed E-state index contributed by atoms with van der Waals surface area (Å²) in [7, 11) is 0. The van der Waals surface area contributed by atoms with Gasteiger partial charge in [0.05, 0.1) is 23.0 Å². The molecule has 2 aromatic carbocycles. The van der Waals surface area contributed by atoms with Crippen molar-refractivity contribution >= 4 is 17.3 Å². The molecular weight excluding hydrogens is 400 g/mol. The van der Waals surface area contributed by atoms with Crippen LogP contribution in [0.4, 0.5) is 11.4 Å². The summed E-state index contributed by atoms with van der Waals surface area (Å²) >= 11 is 0. The number of nitrogens with one attached hydrogen (secondary N) is 2. The van der Waals surface area contributed by atoms with Crippen molar-refractivity contribution in [3.63, 3.8) is 0 Å². The minimum absolute atomic E-state index is 0.226. The van der Waals surface area contributed by atoms with E-state index in [4.69, 9.17) is 4.74 Å². The first-order valence-corrected chi connectivity index (χ1v) is 10.9. The van der Waals surface area contributed by atoms with Crippen LogP contribution < -0.4 is 15.4 Å². The van der Waals surface area contributed by atoms with Crippen molar-refractivity contribution in [2.24, 2.45) is 0 Å². The Morgan fingerprint density at radius 1 is 1.09 bits per heavy atom. The van der Waals surface area contributed by atoms with E-state index in [9.17, 15) is 10.1 Å². The fourth-order valence-corrected chi connectivity index (χ4v) is 3.73. The molecule has 2 saturated carbocycles. The molecule has 0 spiro atoms. The molecule has 0 radical (unpaired) electrons. The van der Waals surface area contributed by atoms with Crippen molar-refractivity contribution in [3.05, 3.63) is 83.7 Å². The Hall–Kier alpha value is -3.85. The largest absolute Gasteiger partial charge is 0.487 e. The zero-order valence-corrected chi connectivity index (χ0v) is 17.7. The van der Waals surface area contributed by atoms with Crippen LogP contribution in [0.15, 0.2) is 66.9 Å². The van der Waals surface area contributed by atoms with Crippen molar-refractivity contribution in [1.29, 1.82) is 5.26 Å². The number of nitrogens with zero attached hydrogens (tertiary/aromatic N) is 2. The van der Waals surface area contributed by atoms with Crippen LogP contribution in [0.3, 0.4) is 0 Å². The van der Waals surface area contributed by atoms with Crippen LogP contribution in [0.25, 0.3) is 0 Å². The molecule has 1 aromatic heterocycles. The van der Waals surface area contributed by atoms with Gasteiger partial charge < -0.3 is 15.4 Å². The maximum atomic E-state index is 12.8. The van der Waals surface area contributed by atoms with Crippen LogP contribution in [0.5, 0.6) is 5.75 Å². The number of nitriles is 1. The van der Waals surface area contributed by atoms with Crippen molar-refractivity contribution in [2.75, 3.05) is 5.32 Å². The Labute approximate surface area is 187 Å². The highest BCUT2D eigenvalue weighted by atomic mass is 16.5. The lowest BCUT2D eigenvalue weighted by molar-refractivity contribution is 0.0942. The van der Waals surface area contributed by atoms with E-state index < -0.39 is 5.54 Å². The number of carbonyl (C=O) groups is 1. The fraction of sp³-hybridized carbons (Fsp3) is 0.269. The molecule has 2 aliphatic carbocycles. The van der Waals surface area contributed by atoms with Crippen LogP contribution in [0, 0.1) is 11.3 Å². The van der Waals surface area contributed by atoms with Gasteiger partial charge in [-0.15, -0.1) is 0 Å². The first-order valence-electron chi connectivity index (χ1n) is 10.9. The SMILES string of the molecule is N#CC1(NC(=O)c2ccccc2Nc2ccc(OCc3ccccn3)cc2C2CC2)CC1. The standard InChI is InChI=1S/C26H24N4O2/c27-17-26(12-13-26)30-25(31)21-6-1-2-7-23(21)29-24-11-10-20(15-22(24)18-8-9-18)32-16-19-5-3-4-14-28-19/h1-7,10-11,14-15,18,29H,8-9,12-13,16H2,(H,30,31). The predicted octanol–water partition coefficient (Wildman–Crippen LogP) is 5.07. The Morgan fingerprint density at radius 3 is 2.62 bits per heavy atom. The third-order valence-corrected chi connectivity index (χ3v) is 5.91. The summed E-state index contributed by atoms with van der Waals surface area (Å²) in [5, 5.41) is 15.6. The molecule has 2 fully saturated rings. The van der Waals surface area contributed by atoms with Crippen LogP contribution in [-0.4, -0.2) is 16.4 Å². The number of amides is 1. The molecule has 1 amide bonds. The molecule has 32 heavy (non-hydrogen) atoms. The molecular formula is C26H24N4O2. The second-order valence-corrected chi connectivity index (χ2v) is 8.45. The van der Waals surface area contributed by atoms with Gasteiger partial charge in [0, 0.05) is 11.9 Å². The van der Waals surface area contributed by atoms with Crippen LogP contribution in [0.2, 0.25) is 0 Å². The first-order chi connectivity index (χ1) is 15.7. The summed E-state index contributed by atoms with van der Waals surface area (Å²) in [6, 6.07) is 21.4. The summed E-state index contributed by atoms with van der Waals surface area (Å²) in [4.78, 5) is 17.2. The fourth-order valence-electron chi connectivity index (χ4n) is 3.73. The maximum Gasteiger partial charge on any atom is 0.254 e. The van der Waals surface area contributed by atoms with Crippen molar-refractivity contribution < 1.29 is 9.53 Å². The van der Waals surface area contributed by atoms with E-state index in [0.29, 0.717) is 30.9 Å². The Kier molecular flexibility index (Phi) is 5.24. The molecule has 0 unspecified atom stereocenters. The van der Waals surface area contributed by atoms with Gasteiger partial charge in [0.25, 0.3) is 5.91 Å². The van der Waals surface area contributed by atoms with Gasteiger partial charge in [-0.25, -0.2) is 0 Å². The Bertz CT molecular complexity index is 1180. The van der Waals surface area contributed by atoms with Crippen molar-refractivity contribution in [3.8, 4) is 11.8 Å². The topological polar surface area (TPSA) is 87.0 Å².